The SMILES string of the molecule is COc1ccc(C(=CC(=O)N(CCO)CCO[C@@H]2O[C@H](CO)[C@@H](O)[C@H](O)[C@H]2O)c2ccc(Cl)cc2)cc1OC.COc1ccc(C(=CC(=O)NCCOCCO[C@@H]2O[C@H](CO)[C@@H](O)[C@H](O)[C@H]2O)c2ccc(Cl)cc2)cc1OC. The summed E-state index contributed by atoms with van der Waals surface area (Å²) >= 11 is 12.1. The minimum Gasteiger partial charge on any atom is -0.493 e. The average Bonchev–Trinajstić information content (AvgIpc) is 3.46. The Labute approximate surface area is 461 Å². The van der Waals surface area contributed by atoms with Gasteiger partial charge in [-0.2, -0.15) is 0 Å². The highest BCUT2D eigenvalue weighted by Gasteiger charge is 2.45. The molecule has 2 saturated heterocycles. The van der Waals surface area contributed by atoms with Gasteiger partial charge in [0.15, 0.2) is 35.6 Å². The molecule has 2 aliphatic heterocycles. The molecular formula is C54H68Cl2N2O20. The summed E-state index contributed by atoms with van der Waals surface area (Å²) < 4.78 is 48.4. The monoisotopic (exact) mass is 1130 g/mol. The van der Waals surface area contributed by atoms with E-state index in [1.165, 1.54) is 38.4 Å². The van der Waals surface area contributed by atoms with Gasteiger partial charge in [-0.15, -0.1) is 0 Å². The van der Waals surface area contributed by atoms with Gasteiger partial charge < -0.3 is 98.8 Å². The fourth-order valence-corrected chi connectivity index (χ4v) is 8.30. The van der Waals surface area contributed by atoms with Crippen LogP contribution in [0.2, 0.25) is 10.0 Å². The lowest BCUT2D eigenvalue weighted by molar-refractivity contribution is -0.302. The summed E-state index contributed by atoms with van der Waals surface area (Å²) in [5.41, 5.74) is 4.12. The van der Waals surface area contributed by atoms with Gasteiger partial charge in [0.05, 0.1) is 74.7 Å². The maximum absolute atomic E-state index is 13.4. The number of rotatable bonds is 25. The Morgan fingerprint density at radius 3 is 1.41 bits per heavy atom. The van der Waals surface area contributed by atoms with Crippen molar-refractivity contribution in [2.75, 3.05) is 94.3 Å². The van der Waals surface area contributed by atoms with Crippen molar-refractivity contribution in [3.63, 3.8) is 0 Å². The van der Waals surface area contributed by atoms with E-state index >= 15 is 0 Å². The van der Waals surface area contributed by atoms with Gasteiger partial charge in [-0.3, -0.25) is 9.59 Å². The number of hydrogen-bond donors (Lipinski definition) is 10. The van der Waals surface area contributed by atoms with E-state index in [0.29, 0.717) is 55.3 Å². The molecule has 22 nitrogen and oxygen atoms in total. The van der Waals surface area contributed by atoms with Crippen molar-refractivity contribution in [1.82, 2.24) is 10.2 Å². The summed E-state index contributed by atoms with van der Waals surface area (Å²) in [6.07, 6.45) is -10.9. The standard InChI is InChI=1S/2C27H34ClNO10/c1-36-20-8-5-17(13-21(20)37-2)19(16-3-6-18(28)7-4-16)14-23(32)29(9-11-30)10-12-38-27-26(35)25(34)24(33)22(15-31)39-27;1-35-20-8-5-17(13-21(20)36-2)19(16-3-6-18(28)7-4-16)14-23(31)29-9-10-37-11-12-38-27-26(34)25(33)24(32)22(15-30)39-27/h3-8,13-14,22,24-27,30-31,33-35H,9-12,15H2,1-2H3;3-8,13-14,22,24-27,30,32-34H,9-12,15H2,1-2H3,(H,29,31)/t2*22-,24-,25+,26-,27-/m11/s1. The number of ether oxygens (including phenoxy) is 9. The third-order valence-corrected chi connectivity index (χ3v) is 12.8. The Balaban J connectivity index is 0.000000287. The Hall–Kier alpha value is -5.48. The van der Waals surface area contributed by atoms with Gasteiger partial charge in [0.25, 0.3) is 0 Å². The normalized spacial score (nSPS) is 23.4. The van der Waals surface area contributed by atoms with Crippen LogP contribution < -0.4 is 24.3 Å². The zero-order chi connectivity index (χ0) is 56.9. The van der Waals surface area contributed by atoms with Crippen LogP contribution in [0.15, 0.2) is 97.1 Å². The lowest BCUT2D eigenvalue weighted by Crippen LogP contribution is -2.59. The summed E-state index contributed by atoms with van der Waals surface area (Å²) in [5.74, 6) is 1.32. The molecule has 10 N–H and O–H groups in total. The number of carbonyl (C=O) groups excluding carboxylic acids is 2. The van der Waals surface area contributed by atoms with Crippen LogP contribution in [0.1, 0.15) is 22.3 Å². The minimum atomic E-state index is -1.58. The third kappa shape index (κ3) is 17.5. The van der Waals surface area contributed by atoms with Crippen LogP contribution in [-0.2, 0) is 33.3 Å². The summed E-state index contributed by atoms with van der Waals surface area (Å²) in [4.78, 5) is 27.5. The lowest BCUT2D eigenvalue weighted by Gasteiger charge is -2.39. The Morgan fingerprint density at radius 1 is 0.538 bits per heavy atom. The quantitative estimate of drug-likeness (QED) is 0.0329. The molecule has 10 atom stereocenters. The Morgan fingerprint density at radius 2 is 0.974 bits per heavy atom. The molecule has 2 aliphatic rings. The van der Waals surface area contributed by atoms with Gasteiger partial charge in [0.2, 0.25) is 11.8 Å². The van der Waals surface area contributed by atoms with Crippen LogP contribution in [0.3, 0.4) is 0 Å². The molecular weight excluding hydrogens is 1070 g/mol. The number of amides is 2. The van der Waals surface area contributed by atoms with E-state index in [0.717, 1.165) is 11.1 Å². The number of benzene rings is 4. The number of nitrogens with one attached hydrogen (secondary N) is 1. The van der Waals surface area contributed by atoms with Gasteiger partial charge in [-0.1, -0.05) is 59.6 Å². The van der Waals surface area contributed by atoms with E-state index < -0.39 is 80.5 Å². The van der Waals surface area contributed by atoms with Crippen LogP contribution >= 0.6 is 23.2 Å². The number of methoxy groups -OCH3 is 4. The number of carbonyl (C=O) groups is 2. The number of aliphatic hydroxyl groups is 9. The zero-order valence-electron chi connectivity index (χ0n) is 43.3. The molecule has 0 unspecified atom stereocenters. The maximum atomic E-state index is 13.4. The van der Waals surface area contributed by atoms with Gasteiger partial charge >= 0.3 is 0 Å². The molecule has 4 aromatic carbocycles. The molecule has 2 heterocycles. The van der Waals surface area contributed by atoms with Crippen molar-refractivity contribution in [2.45, 2.75) is 61.4 Å². The summed E-state index contributed by atoms with van der Waals surface area (Å²) in [6.45, 7) is -1.05. The zero-order valence-corrected chi connectivity index (χ0v) is 44.8. The van der Waals surface area contributed by atoms with Gasteiger partial charge in [0, 0.05) is 41.8 Å². The van der Waals surface area contributed by atoms with Crippen molar-refractivity contribution in [3.05, 3.63) is 129 Å². The molecule has 6 rings (SSSR count). The lowest BCUT2D eigenvalue weighted by atomic mass is 9.96. The first-order valence-corrected chi connectivity index (χ1v) is 25.3. The topological polar surface area (TPSA) is 315 Å². The van der Waals surface area contributed by atoms with E-state index in [9.17, 15) is 55.5 Å². The molecule has 24 heteroatoms. The number of nitrogens with zero attached hydrogens (tertiary/aromatic N) is 1. The summed E-state index contributed by atoms with van der Waals surface area (Å²) in [5, 5.41) is 91.6. The molecule has 4 aromatic rings. The smallest absolute Gasteiger partial charge is 0.247 e. The molecule has 0 aliphatic carbocycles. The number of aliphatic hydroxyl groups excluding tert-OH is 9. The molecule has 0 radical (unpaired) electrons. The molecule has 0 aromatic heterocycles. The first kappa shape index (κ1) is 63.4. The van der Waals surface area contributed by atoms with E-state index in [2.05, 4.69) is 5.32 Å². The number of halogens is 2. The molecule has 2 amide bonds. The van der Waals surface area contributed by atoms with E-state index in [4.69, 9.17) is 65.8 Å². The van der Waals surface area contributed by atoms with Crippen LogP contribution in [0.25, 0.3) is 11.1 Å². The minimum absolute atomic E-state index is 0.00471. The van der Waals surface area contributed by atoms with Crippen LogP contribution in [0.4, 0.5) is 0 Å². The van der Waals surface area contributed by atoms with E-state index in [-0.39, 0.29) is 58.6 Å². The first-order valence-electron chi connectivity index (χ1n) is 24.5. The first-order chi connectivity index (χ1) is 37.5. The predicted molar refractivity (Wildman–Crippen MR) is 283 cm³/mol. The van der Waals surface area contributed by atoms with Crippen molar-refractivity contribution in [1.29, 1.82) is 0 Å². The second-order valence-corrected chi connectivity index (χ2v) is 18.2. The third-order valence-electron chi connectivity index (χ3n) is 12.3. The summed E-state index contributed by atoms with van der Waals surface area (Å²) in [6, 6.07) is 24.7. The summed E-state index contributed by atoms with van der Waals surface area (Å²) in [7, 11) is 6.12. The van der Waals surface area contributed by atoms with E-state index in [1.807, 2.05) is 18.2 Å². The van der Waals surface area contributed by atoms with Crippen molar-refractivity contribution in [2.24, 2.45) is 0 Å². The van der Waals surface area contributed by atoms with Gasteiger partial charge in [0.1, 0.15) is 48.8 Å². The molecule has 2 fully saturated rings. The Kier molecular flexibility index (Phi) is 25.9. The molecule has 428 valence electrons. The largest absolute Gasteiger partial charge is 0.493 e. The molecule has 0 spiro atoms. The second kappa shape index (κ2) is 31.9. The van der Waals surface area contributed by atoms with Crippen LogP contribution in [0.5, 0.6) is 23.0 Å². The van der Waals surface area contributed by atoms with Crippen LogP contribution in [-0.4, -0.2) is 218 Å². The predicted octanol–water partition coefficient (Wildman–Crippen LogP) is 1.16. The van der Waals surface area contributed by atoms with E-state index in [1.54, 1.807) is 73.8 Å². The Bertz CT molecular complexity index is 2550. The van der Waals surface area contributed by atoms with Gasteiger partial charge in [-0.25, -0.2) is 0 Å². The van der Waals surface area contributed by atoms with Gasteiger partial charge in [-0.05, 0) is 81.9 Å². The van der Waals surface area contributed by atoms with Crippen LogP contribution in [0, 0.1) is 0 Å². The highest BCUT2D eigenvalue weighted by molar-refractivity contribution is 6.31. The average molecular weight is 1140 g/mol. The molecule has 78 heavy (non-hydrogen) atoms. The fraction of sp³-hybridized carbons (Fsp3) is 0.444. The number of hydrogen-bond acceptors (Lipinski definition) is 20. The highest BCUT2D eigenvalue weighted by Crippen LogP contribution is 2.35. The second-order valence-electron chi connectivity index (χ2n) is 17.4. The molecule has 0 bridgehead atoms. The highest BCUT2D eigenvalue weighted by atomic mass is 35.5. The van der Waals surface area contributed by atoms with Crippen molar-refractivity contribution < 1.29 is 98.2 Å². The maximum Gasteiger partial charge on any atom is 0.247 e. The molecule has 0 saturated carbocycles. The fourth-order valence-electron chi connectivity index (χ4n) is 8.04. The van der Waals surface area contributed by atoms with Crippen molar-refractivity contribution in [3.8, 4) is 23.0 Å². The van der Waals surface area contributed by atoms with Crippen molar-refractivity contribution >= 4 is 46.2 Å².